The van der Waals surface area contributed by atoms with Crippen LogP contribution in [-0.4, -0.2) is 23.6 Å². The predicted molar refractivity (Wildman–Crippen MR) is 64.7 cm³/mol. The van der Waals surface area contributed by atoms with Crippen molar-refractivity contribution in [3.05, 3.63) is 22.8 Å². The lowest BCUT2D eigenvalue weighted by molar-refractivity contribution is -0.135. The SMILES string of the molecule is NNc1cc(C(=O)NCCCC(F)(F)F)cc(Cl)n1. The smallest absolute Gasteiger partial charge is 0.352 e. The fraction of sp³-hybridized carbons (Fsp3) is 0.400. The van der Waals surface area contributed by atoms with E-state index in [4.69, 9.17) is 17.4 Å². The summed E-state index contributed by atoms with van der Waals surface area (Å²) in [6.45, 7) is -0.0797. The van der Waals surface area contributed by atoms with Crippen molar-refractivity contribution in [2.24, 2.45) is 5.84 Å². The second-order valence-electron chi connectivity index (χ2n) is 3.68. The molecule has 0 saturated carbocycles. The number of nitrogens with two attached hydrogens (primary N) is 1. The molecule has 0 unspecified atom stereocenters. The number of hydrazine groups is 1. The minimum atomic E-state index is -4.22. The highest BCUT2D eigenvalue weighted by Gasteiger charge is 2.26. The van der Waals surface area contributed by atoms with Gasteiger partial charge >= 0.3 is 6.18 Å². The largest absolute Gasteiger partial charge is 0.389 e. The molecule has 106 valence electrons. The molecule has 4 N–H and O–H groups in total. The van der Waals surface area contributed by atoms with E-state index < -0.39 is 18.5 Å². The third-order valence-corrected chi connectivity index (χ3v) is 2.32. The van der Waals surface area contributed by atoms with Crippen molar-refractivity contribution in [2.75, 3.05) is 12.0 Å². The van der Waals surface area contributed by atoms with Crippen molar-refractivity contribution in [3.8, 4) is 0 Å². The van der Waals surface area contributed by atoms with E-state index in [0.29, 0.717) is 0 Å². The summed E-state index contributed by atoms with van der Waals surface area (Å²) in [4.78, 5) is 15.4. The molecule has 0 bridgehead atoms. The first-order valence-corrected chi connectivity index (χ1v) is 5.69. The summed E-state index contributed by atoms with van der Waals surface area (Å²) in [6, 6.07) is 2.63. The number of rotatable bonds is 5. The second-order valence-corrected chi connectivity index (χ2v) is 4.07. The van der Waals surface area contributed by atoms with Gasteiger partial charge in [-0.25, -0.2) is 10.8 Å². The number of hydrogen-bond donors (Lipinski definition) is 3. The number of aromatic nitrogens is 1. The van der Waals surface area contributed by atoms with Crippen molar-refractivity contribution in [1.29, 1.82) is 0 Å². The molecule has 1 heterocycles. The molecule has 9 heteroatoms. The summed E-state index contributed by atoms with van der Waals surface area (Å²) in [7, 11) is 0. The van der Waals surface area contributed by atoms with E-state index >= 15 is 0 Å². The molecule has 0 aromatic carbocycles. The maximum atomic E-state index is 11.9. The highest BCUT2D eigenvalue weighted by Crippen LogP contribution is 2.20. The highest BCUT2D eigenvalue weighted by molar-refractivity contribution is 6.29. The summed E-state index contributed by atoms with van der Waals surface area (Å²) in [5.74, 6) is 4.78. The number of amides is 1. The van der Waals surface area contributed by atoms with Gasteiger partial charge in [0.05, 0.1) is 0 Å². The van der Waals surface area contributed by atoms with Crippen LogP contribution in [0.2, 0.25) is 5.15 Å². The number of anilines is 1. The average Bonchev–Trinajstić information content (AvgIpc) is 2.32. The lowest BCUT2D eigenvalue weighted by atomic mass is 10.2. The number of hydrogen-bond acceptors (Lipinski definition) is 4. The number of nitrogens with zero attached hydrogens (tertiary/aromatic N) is 1. The standard InChI is InChI=1S/C10H12ClF3N4O/c11-7-4-6(5-8(17-7)18-15)9(19)16-3-1-2-10(12,13)14/h4-5H,1-3,15H2,(H,16,19)(H,17,18). The molecule has 1 aromatic heterocycles. The van der Waals surface area contributed by atoms with Gasteiger partial charge in [0.2, 0.25) is 0 Å². The maximum absolute atomic E-state index is 11.9. The minimum Gasteiger partial charge on any atom is -0.352 e. The Morgan fingerprint density at radius 2 is 2.11 bits per heavy atom. The molecule has 1 amide bonds. The van der Waals surface area contributed by atoms with E-state index in [1.807, 2.05) is 0 Å². The van der Waals surface area contributed by atoms with Gasteiger partial charge in [-0.15, -0.1) is 0 Å². The van der Waals surface area contributed by atoms with Crippen molar-refractivity contribution in [2.45, 2.75) is 19.0 Å². The normalized spacial score (nSPS) is 11.2. The van der Waals surface area contributed by atoms with Gasteiger partial charge in [0.1, 0.15) is 11.0 Å². The van der Waals surface area contributed by atoms with Crippen molar-refractivity contribution in [1.82, 2.24) is 10.3 Å². The summed E-state index contributed by atoms with van der Waals surface area (Å²) in [5, 5.41) is 2.41. The molecule has 1 aromatic rings. The molecule has 0 aliphatic carbocycles. The van der Waals surface area contributed by atoms with Crippen LogP contribution in [0.3, 0.4) is 0 Å². The van der Waals surface area contributed by atoms with Crippen LogP contribution in [0, 0.1) is 0 Å². The lowest BCUT2D eigenvalue weighted by Gasteiger charge is -2.08. The molecule has 0 aliphatic rings. The van der Waals surface area contributed by atoms with Gasteiger partial charge in [-0.05, 0) is 18.6 Å². The Balaban J connectivity index is 2.52. The van der Waals surface area contributed by atoms with E-state index in [1.165, 1.54) is 12.1 Å². The van der Waals surface area contributed by atoms with Crippen LogP contribution >= 0.6 is 11.6 Å². The minimum absolute atomic E-state index is 0.0518. The molecule has 0 aliphatic heterocycles. The van der Waals surface area contributed by atoms with Crippen molar-refractivity contribution < 1.29 is 18.0 Å². The molecule has 5 nitrogen and oxygen atoms in total. The van der Waals surface area contributed by atoms with Crippen LogP contribution in [0.15, 0.2) is 12.1 Å². The van der Waals surface area contributed by atoms with Gasteiger partial charge in [-0.3, -0.25) is 4.79 Å². The number of carbonyl (C=O) groups is 1. The number of nitrogens with one attached hydrogen (secondary N) is 2. The summed E-state index contributed by atoms with van der Waals surface area (Å²) < 4.78 is 35.7. The summed E-state index contributed by atoms with van der Waals surface area (Å²) >= 11 is 5.66. The Morgan fingerprint density at radius 1 is 1.42 bits per heavy atom. The molecule has 0 atom stereocenters. The third kappa shape index (κ3) is 5.75. The van der Waals surface area contributed by atoms with Gasteiger partial charge < -0.3 is 10.7 Å². The number of pyridine rings is 1. The van der Waals surface area contributed by atoms with Gasteiger partial charge in [0.15, 0.2) is 0 Å². The number of nitrogen functional groups attached to an aromatic ring is 1. The zero-order valence-electron chi connectivity index (χ0n) is 9.72. The number of halogens is 4. The molecule has 0 saturated heterocycles. The maximum Gasteiger partial charge on any atom is 0.389 e. The van der Waals surface area contributed by atoms with Crippen molar-refractivity contribution in [3.63, 3.8) is 0 Å². The van der Waals surface area contributed by atoms with Gasteiger partial charge in [0.25, 0.3) is 5.91 Å². The van der Waals surface area contributed by atoms with E-state index in [-0.39, 0.29) is 29.5 Å². The Labute approximate surface area is 112 Å². The first-order chi connectivity index (χ1) is 8.81. The summed E-state index contributed by atoms with van der Waals surface area (Å²) in [5.41, 5.74) is 2.39. The van der Waals surface area contributed by atoms with Crippen LogP contribution < -0.4 is 16.6 Å². The van der Waals surface area contributed by atoms with Gasteiger partial charge in [-0.1, -0.05) is 11.6 Å². The molecule has 0 radical (unpaired) electrons. The van der Waals surface area contributed by atoms with Gasteiger partial charge in [0, 0.05) is 18.5 Å². The van der Waals surface area contributed by atoms with E-state index in [9.17, 15) is 18.0 Å². The highest BCUT2D eigenvalue weighted by atomic mass is 35.5. The van der Waals surface area contributed by atoms with Crippen molar-refractivity contribution >= 4 is 23.3 Å². The second kappa shape index (κ2) is 6.58. The van der Waals surface area contributed by atoms with E-state index in [1.54, 1.807) is 0 Å². The molecule has 0 fully saturated rings. The fourth-order valence-corrected chi connectivity index (χ4v) is 1.50. The van der Waals surface area contributed by atoms with Crippen LogP contribution in [0.1, 0.15) is 23.2 Å². The van der Waals surface area contributed by atoms with E-state index in [2.05, 4.69) is 15.7 Å². The molecular formula is C10H12ClF3N4O. The molecule has 0 spiro atoms. The van der Waals surface area contributed by atoms with Gasteiger partial charge in [-0.2, -0.15) is 13.2 Å². The zero-order chi connectivity index (χ0) is 14.5. The summed E-state index contributed by atoms with van der Waals surface area (Å²) in [6.07, 6.45) is -5.35. The first-order valence-electron chi connectivity index (χ1n) is 5.31. The Bertz CT molecular complexity index is 453. The number of alkyl halides is 3. The Morgan fingerprint density at radius 3 is 2.68 bits per heavy atom. The number of carbonyl (C=O) groups excluding carboxylic acids is 1. The van der Waals surface area contributed by atoms with Crippen LogP contribution in [0.5, 0.6) is 0 Å². The van der Waals surface area contributed by atoms with E-state index in [0.717, 1.165) is 0 Å². The van der Waals surface area contributed by atoms with Crippen LogP contribution in [0.25, 0.3) is 0 Å². The monoisotopic (exact) mass is 296 g/mol. The van der Waals surface area contributed by atoms with Crippen LogP contribution in [0.4, 0.5) is 19.0 Å². The predicted octanol–water partition coefficient (Wildman–Crippen LogP) is 2.09. The quantitative estimate of drug-likeness (QED) is 0.336. The topological polar surface area (TPSA) is 80.0 Å². The molecular weight excluding hydrogens is 285 g/mol. The third-order valence-electron chi connectivity index (χ3n) is 2.13. The molecule has 19 heavy (non-hydrogen) atoms. The Hall–Kier alpha value is -1.54. The average molecular weight is 297 g/mol. The Kier molecular flexibility index (Phi) is 5.37. The zero-order valence-corrected chi connectivity index (χ0v) is 10.5. The lowest BCUT2D eigenvalue weighted by Crippen LogP contribution is -2.26. The molecule has 1 rings (SSSR count). The first kappa shape index (κ1) is 15.5. The fourth-order valence-electron chi connectivity index (χ4n) is 1.29. The van der Waals surface area contributed by atoms with Crippen LogP contribution in [-0.2, 0) is 0 Å².